The zero-order valence-corrected chi connectivity index (χ0v) is 11.7. The number of nitrogens with zero attached hydrogens (tertiary/aromatic N) is 3. The smallest absolute Gasteiger partial charge is 0.306 e. The number of aliphatic carboxylic acids is 1. The van der Waals surface area contributed by atoms with Gasteiger partial charge < -0.3 is 5.11 Å². The number of aromatic nitrogens is 2. The maximum atomic E-state index is 11.0. The third kappa shape index (κ3) is 2.89. The van der Waals surface area contributed by atoms with Gasteiger partial charge in [-0.2, -0.15) is 10.4 Å². The van der Waals surface area contributed by atoms with E-state index in [2.05, 4.69) is 11.2 Å². The van der Waals surface area contributed by atoms with Crippen LogP contribution in [0.2, 0.25) is 0 Å². The number of carboxylic acid groups (broad SMARTS) is 1. The molecule has 0 aliphatic heterocycles. The van der Waals surface area contributed by atoms with Gasteiger partial charge in [0.25, 0.3) is 0 Å². The van der Waals surface area contributed by atoms with Crippen molar-refractivity contribution in [1.29, 1.82) is 5.26 Å². The molecule has 0 saturated heterocycles. The first kappa shape index (κ1) is 13.6. The molecule has 1 aliphatic rings. The highest BCUT2D eigenvalue weighted by atomic mass is 16.4. The number of carbonyl (C=O) groups is 1. The molecule has 108 valence electrons. The van der Waals surface area contributed by atoms with Crippen LogP contribution < -0.4 is 0 Å². The molecule has 0 radical (unpaired) electrons. The lowest BCUT2D eigenvalue weighted by molar-refractivity contribution is -0.143. The molecular formula is C16H17N3O2. The molecule has 1 heterocycles. The van der Waals surface area contributed by atoms with Crippen LogP contribution in [0.1, 0.15) is 31.2 Å². The summed E-state index contributed by atoms with van der Waals surface area (Å²) >= 11 is 0. The van der Waals surface area contributed by atoms with Gasteiger partial charge in [0.1, 0.15) is 0 Å². The maximum Gasteiger partial charge on any atom is 0.306 e. The molecule has 0 spiro atoms. The van der Waals surface area contributed by atoms with E-state index >= 15 is 0 Å². The highest BCUT2D eigenvalue weighted by Gasteiger charge is 2.26. The number of benzene rings is 1. The van der Waals surface area contributed by atoms with Crippen molar-refractivity contribution in [3.63, 3.8) is 0 Å². The monoisotopic (exact) mass is 283 g/mol. The van der Waals surface area contributed by atoms with Crippen molar-refractivity contribution in [2.45, 2.75) is 32.2 Å². The molecule has 5 heteroatoms. The molecule has 0 amide bonds. The van der Waals surface area contributed by atoms with E-state index in [1.54, 1.807) is 12.1 Å². The van der Waals surface area contributed by atoms with E-state index in [-0.39, 0.29) is 5.92 Å². The van der Waals surface area contributed by atoms with E-state index in [1.165, 1.54) is 0 Å². The average Bonchev–Trinajstić information content (AvgIpc) is 2.88. The van der Waals surface area contributed by atoms with E-state index in [9.17, 15) is 4.79 Å². The normalized spacial score (nSPS) is 22.0. The number of hydrogen-bond acceptors (Lipinski definition) is 3. The molecule has 1 aromatic heterocycles. The van der Waals surface area contributed by atoms with Gasteiger partial charge in [-0.1, -0.05) is 0 Å². The summed E-state index contributed by atoms with van der Waals surface area (Å²) < 4.78 is 1.93. The van der Waals surface area contributed by atoms with Crippen molar-refractivity contribution in [1.82, 2.24) is 9.78 Å². The number of carboxylic acids is 1. The molecule has 3 rings (SSSR count). The van der Waals surface area contributed by atoms with Crippen molar-refractivity contribution in [2.75, 3.05) is 0 Å². The van der Waals surface area contributed by atoms with Gasteiger partial charge in [0.2, 0.25) is 0 Å². The quantitative estimate of drug-likeness (QED) is 0.939. The zero-order chi connectivity index (χ0) is 14.8. The molecule has 1 N–H and O–H groups in total. The molecule has 0 unspecified atom stereocenters. The Balaban J connectivity index is 1.68. The fourth-order valence-electron chi connectivity index (χ4n) is 3.09. The van der Waals surface area contributed by atoms with Crippen LogP contribution in [0.5, 0.6) is 0 Å². The van der Waals surface area contributed by atoms with Crippen molar-refractivity contribution in [2.24, 2.45) is 11.8 Å². The third-order valence-electron chi connectivity index (χ3n) is 4.33. The predicted molar refractivity (Wildman–Crippen MR) is 77.5 cm³/mol. The number of fused-ring (bicyclic) bond motifs is 1. The van der Waals surface area contributed by atoms with E-state index in [1.807, 2.05) is 16.9 Å². The Labute approximate surface area is 122 Å². The largest absolute Gasteiger partial charge is 0.481 e. The lowest BCUT2D eigenvalue weighted by Crippen LogP contribution is -2.23. The Morgan fingerprint density at radius 2 is 2.14 bits per heavy atom. The Kier molecular flexibility index (Phi) is 3.61. The Morgan fingerprint density at radius 3 is 2.81 bits per heavy atom. The van der Waals surface area contributed by atoms with Crippen LogP contribution in [-0.4, -0.2) is 20.9 Å². The average molecular weight is 283 g/mol. The summed E-state index contributed by atoms with van der Waals surface area (Å²) in [5, 5.41) is 23.5. The molecule has 5 nitrogen and oxygen atoms in total. The van der Waals surface area contributed by atoms with Crippen LogP contribution in [0.15, 0.2) is 24.4 Å². The number of nitriles is 1. The van der Waals surface area contributed by atoms with Gasteiger partial charge in [0.15, 0.2) is 0 Å². The van der Waals surface area contributed by atoms with Gasteiger partial charge in [-0.15, -0.1) is 0 Å². The molecule has 1 fully saturated rings. The minimum absolute atomic E-state index is 0.170. The van der Waals surface area contributed by atoms with Crippen molar-refractivity contribution >= 4 is 16.9 Å². The summed E-state index contributed by atoms with van der Waals surface area (Å²) in [5.41, 5.74) is 1.46. The van der Waals surface area contributed by atoms with Crippen LogP contribution >= 0.6 is 0 Å². The SMILES string of the molecule is N#Cc1ccc2cn(C[C@H]3CC[C@H](C(=O)O)CC3)nc2c1. The predicted octanol–water partition coefficient (Wildman–Crippen LogP) is 2.80. The molecule has 1 aliphatic carbocycles. The van der Waals surface area contributed by atoms with Crippen LogP contribution in [0.3, 0.4) is 0 Å². The standard InChI is InChI=1S/C16H17N3O2/c17-8-12-3-6-14-10-19(18-15(14)7-12)9-11-1-4-13(5-2-11)16(20)21/h3,6-7,10-11,13H,1-2,4-5,9H2,(H,20,21)/t11-,13-. The van der Waals surface area contributed by atoms with E-state index in [0.717, 1.165) is 43.1 Å². The second-order valence-corrected chi connectivity index (χ2v) is 5.79. The van der Waals surface area contributed by atoms with Gasteiger partial charge in [-0.25, -0.2) is 0 Å². The van der Waals surface area contributed by atoms with E-state index in [0.29, 0.717) is 11.5 Å². The second-order valence-electron chi connectivity index (χ2n) is 5.79. The van der Waals surface area contributed by atoms with Gasteiger partial charge in [0.05, 0.1) is 23.1 Å². The van der Waals surface area contributed by atoms with E-state index in [4.69, 9.17) is 10.4 Å². The Hall–Kier alpha value is -2.35. The first-order valence-electron chi connectivity index (χ1n) is 7.26. The minimum atomic E-state index is -0.665. The molecular weight excluding hydrogens is 266 g/mol. The molecule has 21 heavy (non-hydrogen) atoms. The summed E-state index contributed by atoms with van der Waals surface area (Å²) in [7, 11) is 0. The van der Waals surface area contributed by atoms with Crippen LogP contribution in [0.4, 0.5) is 0 Å². The Morgan fingerprint density at radius 1 is 1.38 bits per heavy atom. The molecule has 0 atom stereocenters. The minimum Gasteiger partial charge on any atom is -0.481 e. The highest BCUT2D eigenvalue weighted by Crippen LogP contribution is 2.30. The van der Waals surface area contributed by atoms with Gasteiger partial charge in [-0.05, 0) is 49.8 Å². The topological polar surface area (TPSA) is 78.9 Å². The third-order valence-corrected chi connectivity index (χ3v) is 4.33. The summed E-state index contributed by atoms with van der Waals surface area (Å²) in [6.45, 7) is 0.822. The maximum absolute atomic E-state index is 11.0. The highest BCUT2D eigenvalue weighted by molar-refractivity contribution is 5.79. The number of hydrogen-bond donors (Lipinski definition) is 1. The van der Waals surface area contributed by atoms with Crippen molar-refractivity contribution in [3.8, 4) is 6.07 Å². The molecule has 1 saturated carbocycles. The first-order chi connectivity index (χ1) is 10.2. The Bertz CT molecular complexity index is 706. The fraction of sp³-hybridized carbons (Fsp3) is 0.438. The van der Waals surface area contributed by atoms with Gasteiger partial charge in [0, 0.05) is 18.1 Å². The fourth-order valence-corrected chi connectivity index (χ4v) is 3.09. The molecule has 2 aromatic rings. The number of rotatable bonds is 3. The lowest BCUT2D eigenvalue weighted by Gasteiger charge is -2.25. The van der Waals surface area contributed by atoms with Crippen LogP contribution in [-0.2, 0) is 11.3 Å². The zero-order valence-electron chi connectivity index (χ0n) is 11.7. The van der Waals surface area contributed by atoms with Gasteiger partial charge >= 0.3 is 5.97 Å². The summed E-state index contributed by atoms with van der Waals surface area (Å²) in [4.78, 5) is 11.0. The summed E-state index contributed by atoms with van der Waals surface area (Å²) in [5.74, 6) is -0.344. The first-order valence-corrected chi connectivity index (χ1v) is 7.26. The molecule has 1 aromatic carbocycles. The van der Waals surface area contributed by atoms with Crippen molar-refractivity contribution < 1.29 is 9.90 Å². The van der Waals surface area contributed by atoms with Gasteiger partial charge in [-0.3, -0.25) is 9.48 Å². The van der Waals surface area contributed by atoms with Crippen LogP contribution in [0.25, 0.3) is 10.9 Å². The lowest BCUT2D eigenvalue weighted by atomic mass is 9.82. The van der Waals surface area contributed by atoms with E-state index < -0.39 is 5.97 Å². The second kappa shape index (κ2) is 5.57. The summed E-state index contributed by atoms with van der Waals surface area (Å²) in [6.07, 6.45) is 5.41. The summed E-state index contributed by atoms with van der Waals surface area (Å²) in [6, 6.07) is 7.63. The van der Waals surface area contributed by atoms with Crippen LogP contribution in [0, 0.1) is 23.2 Å². The van der Waals surface area contributed by atoms with Crippen molar-refractivity contribution in [3.05, 3.63) is 30.0 Å². The molecule has 0 bridgehead atoms.